The summed E-state index contributed by atoms with van der Waals surface area (Å²) in [5, 5.41) is 17.1. The fourth-order valence-corrected chi connectivity index (χ4v) is 14.2. The van der Waals surface area contributed by atoms with E-state index in [0.717, 1.165) is 11.6 Å². The van der Waals surface area contributed by atoms with Gasteiger partial charge in [-0.05, 0) is 139 Å². The number of carboxylic acids is 1. The molecule has 1 aromatic carbocycles. The van der Waals surface area contributed by atoms with Crippen LogP contribution in [0.5, 0.6) is 0 Å². The van der Waals surface area contributed by atoms with Crippen LogP contribution in [0.4, 0.5) is 5.13 Å². The quantitative estimate of drug-likeness (QED) is 0.311. The molecule has 0 amide bonds. The van der Waals surface area contributed by atoms with Gasteiger partial charge in [-0.25, -0.2) is 9.78 Å². The zero-order valence-corrected chi connectivity index (χ0v) is 31.9. The smallest absolute Gasteiger partial charge is 0.335 e. The summed E-state index contributed by atoms with van der Waals surface area (Å²) < 4.78 is 0. The van der Waals surface area contributed by atoms with Crippen LogP contribution in [0.15, 0.2) is 47.9 Å². The van der Waals surface area contributed by atoms with Gasteiger partial charge in [-0.3, -0.25) is 0 Å². The third kappa shape index (κ3) is 4.78. The molecule has 2 N–H and O–H groups in total. The van der Waals surface area contributed by atoms with Gasteiger partial charge in [0, 0.05) is 16.3 Å². The van der Waals surface area contributed by atoms with Gasteiger partial charge in [-0.2, -0.15) is 0 Å². The van der Waals surface area contributed by atoms with Gasteiger partial charge in [0.15, 0.2) is 5.13 Å². The first-order chi connectivity index (χ1) is 22.4. The molecule has 4 saturated carbocycles. The maximum absolute atomic E-state index is 11.6. The van der Waals surface area contributed by atoms with Crippen LogP contribution in [-0.2, 0) is 5.41 Å². The van der Waals surface area contributed by atoms with E-state index in [4.69, 9.17) is 4.98 Å². The summed E-state index contributed by atoms with van der Waals surface area (Å²) in [4.78, 5) is 16.7. The van der Waals surface area contributed by atoms with Crippen LogP contribution in [0.2, 0.25) is 0 Å². The number of aromatic nitrogens is 1. The van der Waals surface area contributed by atoms with E-state index in [1.807, 2.05) is 12.1 Å². The standard InChI is InChI=1S/C43H60N2O2S/c1-26(2)29-17-22-43(45-37-44-34(25-48-37)38(3,4)5)24-23-41(9)31(35(29)43)15-16-33-40(8)20-18-30(27-11-13-28(14-12-27)36(46)47)39(6,7)32(40)19-21-42(33,41)10/h11-14,18,25,29,31-33,35H,1,15-17,19-24H2,2-10H3,(H,44,45)(H,46,47). The number of nitrogens with one attached hydrogen (secondary N) is 1. The molecule has 1 aromatic heterocycles. The molecule has 4 fully saturated rings. The lowest BCUT2D eigenvalue weighted by Crippen LogP contribution is -2.67. The van der Waals surface area contributed by atoms with Crippen molar-refractivity contribution < 1.29 is 9.90 Å². The molecule has 7 rings (SSSR count). The lowest BCUT2D eigenvalue weighted by molar-refractivity contribution is -0.216. The van der Waals surface area contributed by atoms with Gasteiger partial charge >= 0.3 is 5.97 Å². The third-order valence-electron chi connectivity index (χ3n) is 15.7. The van der Waals surface area contributed by atoms with E-state index in [1.165, 1.54) is 73.8 Å². The van der Waals surface area contributed by atoms with Gasteiger partial charge in [0.05, 0.1) is 11.3 Å². The van der Waals surface area contributed by atoms with Crippen LogP contribution in [0.3, 0.4) is 0 Å². The zero-order chi connectivity index (χ0) is 34.7. The number of allylic oxidation sites excluding steroid dienone is 3. The predicted octanol–water partition coefficient (Wildman–Crippen LogP) is 11.7. The van der Waals surface area contributed by atoms with E-state index >= 15 is 0 Å². The molecular weight excluding hydrogens is 609 g/mol. The number of carbonyl (C=O) groups is 1. The van der Waals surface area contributed by atoms with Gasteiger partial charge in [-0.15, -0.1) is 11.3 Å². The lowest BCUT2D eigenvalue weighted by Gasteiger charge is -2.72. The van der Waals surface area contributed by atoms with Gasteiger partial charge in [0.2, 0.25) is 0 Å². The van der Waals surface area contributed by atoms with Crippen LogP contribution >= 0.6 is 11.3 Å². The number of aromatic carboxylic acids is 1. The summed E-state index contributed by atoms with van der Waals surface area (Å²) in [5.74, 6) is 2.28. The molecule has 5 heteroatoms. The molecule has 0 bridgehead atoms. The highest BCUT2D eigenvalue weighted by atomic mass is 32.1. The first-order valence-corrected chi connectivity index (χ1v) is 19.7. The topological polar surface area (TPSA) is 62.2 Å². The van der Waals surface area contributed by atoms with Crippen molar-refractivity contribution >= 4 is 28.0 Å². The maximum Gasteiger partial charge on any atom is 0.335 e. The molecule has 0 radical (unpaired) electrons. The number of carboxylic acid groups (broad SMARTS) is 1. The van der Waals surface area contributed by atoms with E-state index in [1.54, 1.807) is 23.5 Å². The van der Waals surface area contributed by atoms with E-state index in [2.05, 4.69) is 85.7 Å². The SMILES string of the molecule is C=C(C)C1CCC2(Nc3nc(C(C)(C)C)cs3)CCC3(C)C(CCC4C5(C)CC=C(c6ccc(C(=O)O)cc6)C(C)(C)C5CCC43C)C12. The van der Waals surface area contributed by atoms with Crippen LogP contribution in [0.1, 0.15) is 142 Å². The van der Waals surface area contributed by atoms with Crippen molar-refractivity contribution in [2.75, 3.05) is 5.32 Å². The summed E-state index contributed by atoms with van der Waals surface area (Å²) in [5.41, 5.74) is 6.55. The molecule has 0 aliphatic heterocycles. The Balaban J connectivity index is 1.22. The molecule has 0 spiro atoms. The Bertz CT molecular complexity index is 1640. The summed E-state index contributed by atoms with van der Waals surface area (Å²) in [6.45, 7) is 26.8. The first kappa shape index (κ1) is 34.1. The number of hydrogen-bond acceptors (Lipinski definition) is 4. The first-order valence-electron chi connectivity index (χ1n) is 18.8. The van der Waals surface area contributed by atoms with E-state index in [9.17, 15) is 9.90 Å². The summed E-state index contributed by atoms with van der Waals surface area (Å²) in [7, 11) is 0. The Morgan fingerprint density at radius 1 is 0.938 bits per heavy atom. The summed E-state index contributed by atoms with van der Waals surface area (Å²) >= 11 is 1.81. The summed E-state index contributed by atoms with van der Waals surface area (Å²) in [6, 6.07) is 7.63. The minimum Gasteiger partial charge on any atom is -0.478 e. The molecule has 0 saturated heterocycles. The fraction of sp³-hybridized carbons (Fsp3) is 0.674. The number of rotatable bonds is 5. The highest BCUT2D eigenvalue weighted by Gasteiger charge is 2.70. The van der Waals surface area contributed by atoms with Crippen molar-refractivity contribution in [2.45, 2.75) is 131 Å². The second-order valence-corrected chi connectivity index (χ2v) is 20.0. The maximum atomic E-state index is 11.6. The monoisotopic (exact) mass is 668 g/mol. The van der Waals surface area contributed by atoms with Crippen LogP contribution < -0.4 is 5.32 Å². The highest BCUT2D eigenvalue weighted by Crippen LogP contribution is 2.77. The van der Waals surface area contributed by atoms with Gasteiger partial charge in [0.25, 0.3) is 0 Å². The van der Waals surface area contributed by atoms with Crippen LogP contribution in [-0.4, -0.2) is 21.6 Å². The molecule has 9 atom stereocenters. The molecular formula is C43H60N2O2S. The largest absolute Gasteiger partial charge is 0.478 e. The predicted molar refractivity (Wildman–Crippen MR) is 200 cm³/mol. The second-order valence-electron chi connectivity index (χ2n) is 19.2. The van der Waals surface area contributed by atoms with E-state index in [0.29, 0.717) is 40.6 Å². The minimum atomic E-state index is -0.859. The normalized spacial score (nSPS) is 40.1. The number of thiazole rings is 1. The average Bonchev–Trinajstić information content (AvgIpc) is 3.63. The molecule has 4 nitrogen and oxygen atoms in total. The Labute approximate surface area is 294 Å². The molecule has 260 valence electrons. The molecule has 5 aliphatic rings. The Morgan fingerprint density at radius 3 is 2.27 bits per heavy atom. The van der Waals surface area contributed by atoms with Crippen molar-refractivity contribution in [1.82, 2.24) is 4.98 Å². The second kappa shape index (κ2) is 11.0. The minimum absolute atomic E-state index is 0.0264. The number of nitrogens with zero attached hydrogens (tertiary/aromatic N) is 1. The van der Waals surface area contributed by atoms with Crippen molar-refractivity contribution in [3.8, 4) is 0 Å². The molecule has 2 aromatic rings. The third-order valence-corrected chi connectivity index (χ3v) is 16.5. The van der Waals surface area contributed by atoms with Gasteiger partial charge in [0.1, 0.15) is 0 Å². The Morgan fingerprint density at radius 2 is 1.65 bits per heavy atom. The average molecular weight is 669 g/mol. The number of anilines is 1. The highest BCUT2D eigenvalue weighted by molar-refractivity contribution is 7.13. The number of hydrogen-bond donors (Lipinski definition) is 2. The van der Waals surface area contributed by atoms with E-state index in [-0.39, 0.29) is 27.2 Å². The molecule has 1 heterocycles. The van der Waals surface area contributed by atoms with Crippen molar-refractivity contribution in [1.29, 1.82) is 0 Å². The van der Waals surface area contributed by atoms with Gasteiger partial charge < -0.3 is 10.4 Å². The van der Waals surface area contributed by atoms with Crippen LogP contribution in [0, 0.1) is 51.2 Å². The summed E-state index contributed by atoms with van der Waals surface area (Å²) in [6.07, 6.45) is 13.8. The number of benzene rings is 1. The Hall–Kier alpha value is -2.40. The van der Waals surface area contributed by atoms with Crippen molar-refractivity contribution in [3.05, 3.63) is 64.7 Å². The van der Waals surface area contributed by atoms with E-state index < -0.39 is 5.97 Å². The van der Waals surface area contributed by atoms with Crippen molar-refractivity contribution in [2.24, 2.45) is 51.2 Å². The molecule has 9 unspecified atom stereocenters. The molecule has 5 aliphatic carbocycles. The fourth-order valence-electron chi connectivity index (χ4n) is 13.1. The Kier molecular flexibility index (Phi) is 7.84. The lowest BCUT2D eigenvalue weighted by atomic mass is 9.33. The molecule has 48 heavy (non-hydrogen) atoms. The van der Waals surface area contributed by atoms with Crippen molar-refractivity contribution in [3.63, 3.8) is 0 Å². The van der Waals surface area contributed by atoms with Crippen LogP contribution in [0.25, 0.3) is 5.57 Å². The zero-order valence-electron chi connectivity index (χ0n) is 31.1. The van der Waals surface area contributed by atoms with Gasteiger partial charge in [-0.1, -0.05) is 85.8 Å². The number of fused-ring (bicyclic) bond motifs is 7.